The number of piperidine rings is 1. The van der Waals surface area contributed by atoms with Crippen molar-refractivity contribution in [1.82, 2.24) is 10.2 Å². The Hall–Kier alpha value is -0.520. The molecule has 68 valence electrons. The van der Waals surface area contributed by atoms with Crippen molar-refractivity contribution in [1.29, 1.82) is 0 Å². The van der Waals surface area contributed by atoms with Gasteiger partial charge in [0.2, 0.25) is 0 Å². The molecule has 1 heterocycles. The second-order valence-electron chi connectivity index (χ2n) is 3.48. The van der Waals surface area contributed by atoms with Crippen LogP contribution in [0.1, 0.15) is 19.3 Å². The largest absolute Gasteiger partial charge is 0.305 e. The zero-order valence-corrected chi connectivity index (χ0v) is 8.01. The van der Waals surface area contributed by atoms with Gasteiger partial charge in [-0.15, -0.1) is 6.42 Å². The third kappa shape index (κ3) is 2.00. The molecule has 2 atom stereocenters. The first-order valence-corrected chi connectivity index (χ1v) is 4.63. The highest BCUT2D eigenvalue weighted by molar-refractivity contribution is 5.05. The molecule has 0 saturated carbocycles. The van der Waals surface area contributed by atoms with Crippen molar-refractivity contribution in [2.75, 3.05) is 20.6 Å². The lowest BCUT2D eigenvalue weighted by molar-refractivity contribution is 0.166. The van der Waals surface area contributed by atoms with Crippen molar-refractivity contribution < 1.29 is 0 Å². The number of hydrogen-bond donors (Lipinski definition) is 1. The second-order valence-corrected chi connectivity index (χ2v) is 3.48. The van der Waals surface area contributed by atoms with Crippen molar-refractivity contribution >= 4 is 0 Å². The number of nitrogens with one attached hydrogen (secondary N) is 1. The molecule has 0 aromatic carbocycles. The molecule has 0 spiro atoms. The van der Waals surface area contributed by atoms with Crippen LogP contribution in [-0.4, -0.2) is 37.6 Å². The Morgan fingerprint density at radius 2 is 2.33 bits per heavy atom. The third-order valence-corrected chi connectivity index (χ3v) is 2.70. The summed E-state index contributed by atoms with van der Waals surface area (Å²) in [4.78, 5) is 2.37. The monoisotopic (exact) mass is 166 g/mol. The number of likely N-dealkylation sites (N-methyl/N-ethyl adjacent to an activating group) is 2. The van der Waals surface area contributed by atoms with E-state index in [9.17, 15) is 0 Å². The predicted octanol–water partition coefficient (Wildman–Crippen LogP) is 0.692. The van der Waals surface area contributed by atoms with E-state index in [0.717, 1.165) is 0 Å². The van der Waals surface area contributed by atoms with Gasteiger partial charge in [-0.2, -0.15) is 0 Å². The van der Waals surface area contributed by atoms with Crippen LogP contribution in [0.25, 0.3) is 0 Å². The lowest BCUT2D eigenvalue weighted by Gasteiger charge is -2.35. The summed E-state index contributed by atoms with van der Waals surface area (Å²) in [6.45, 7) is 1.19. The van der Waals surface area contributed by atoms with Gasteiger partial charge in [0.15, 0.2) is 0 Å². The molecule has 1 aliphatic heterocycles. The summed E-state index contributed by atoms with van der Waals surface area (Å²) >= 11 is 0. The fourth-order valence-electron chi connectivity index (χ4n) is 1.91. The van der Waals surface area contributed by atoms with Gasteiger partial charge in [-0.1, -0.05) is 12.3 Å². The molecule has 0 aliphatic carbocycles. The average Bonchev–Trinajstić information content (AvgIpc) is 2.10. The summed E-state index contributed by atoms with van der Waals surface area (Å²) in [5.41, 5.74) is 0. The molecule has 12 heavy (non-hydrogen) atoms. The fraction of sp³-hybridized carbons (Fsp3) is 0.800. The highest BCUT2D eigenvalue weighted by atomic mass is 15.2. The minimum Gasteiger partial charge on any atom is -0.305 e. The zero-order valence-electron chi connectivity index (χ0n) is 8.01. The minimum absolute atomic E-state index is 0.218. The molecule has 1 saturated heterocycles. The quantitative estimate of drug-likeness (QED) is 0.607. The number of likely N-dealkylation sites (tertiary alicyclic amines) is 1. The maximum absolute atomic E-state index is 5.44. The van der Waals surface area contributed by atoms with Crippen LogP contribution >= 0.6 is 0 Å². The van der Waals surface area contributed by atoms with E-state index in [4.69, 9.17) is 6.42 Å². The molecular formula is C10H18N2. The third-order valence-electron chi connectivity index (χ3n) is 2.70. The first-order valence-electron chi connectivity index (χ1n) is 4.63. The van der Waals surface area contributed by atoms with E-state index >= 15 is 0 Å². The Bertz CT molecular complexity index is 171. The normalized spacial score (nSPS) is 27.9. The van der Waals surface area contributed by atoms with E-state index in [1.807, 2.05) is 7.05 Å². The van der Waals surface area contributed by atoms with Gasteiger partial charge < -0.3 is 10.2 Å². The summed E-state index contributed by atoms with van der Waals surface area (Å²) in [7, 11) is 4.10. The van der Waals surface area contributed by atoms with Crippen molar-refractivity contribution in [3.05, 3.63) is 0 Å². The molecular weight excluding hydrogens is 148 g/mol. The Balaban J connectivity index is 2.53. The highest BCUT2D eigenvalue weighted by Gasteiger charge is 2.24. The first-order chi connectivity index (χ1) is 5.79. The van der Waals surface area contributed by atoms with Gasteiger partial charge >= 0.3 is 0 Å². The van der Waals surface area contributed by atoms with E-state index in [0.29, 0.717) is 6.04 Å². The van der Waals surface area contributed by atoms with Gasteiger partial charge in [-0.05, 0) is 33.5 Å². The predicted molar refractivity (Wildman–Crippen MR) is 51.9 cm³/mol. The van der Waals surface area contributed by atoms with Crippen LogP contribution < -0.4 is 5.32 Å². The van der Waals surface area contributed by atoms with Crippen molar-refractivity contribution in [2.24, 2.45) is 0 Å². The van der Waals surface area contributed by atoms with Crippen LogP contribution in [0.4, 0.5) is 0 Å². The molecule has 0 amide bonds. The molecule has 2 nitrogen and oxygen atoms in total. The number of hydrogen-bond acceptors (Lipinski definition) is 2. The van der Waals surface area contributed by atoms with Crippen molar-refractivity contribution in [2.45, 2.75) is 31.3 Å². The lowest BCUT2D eigenvalue weighted by Crippen LogP contribution is -2.49. The molecule has 0 bridgehead atoms. The van der Waals surface area contributed by atoms with Gasteiger partial charge in [0, 0.05) is 6.04 Å². The minimum atomic E-state index is 0.218. The smallest absolute Gasteiger partial charge is 0.0841 e. The van der Waals surface area contributed by atoms with Crippen LogP contribution in [0.15, 0.2) is 0 Å². The zero-order chi connectivity index (χ0) is 8.97. The second kappa shape index (κ2) is 4.49. The van der Waals surface area contributed by atoms with Crippen LogP contribution in [-0.2, 0) is 0 Å². The van der Waals surface area contributed by atoms with Crippen molar-refractivity contribution in [3.63, 3.8) is 0 Å². The fourth-order valence-corrected chi connectivity index (χ4v) is 1.91. The van der Waals surface area contributed by atoms with Gasteiger partial charge in [-0.3, -0.25) is 0 Å². The molecule has 1 rings (SSSR count). The van der Waals surface area contributed by atoms with E-state index in [-0.39, 0.29) is 6.04 Å². The summed E-state index contributed by atoms with van der Waals surface area (Å²) in [6, 6.07) is 0.754. The van der Waals surface area contributed by atoms with Gasteiger partial charge in [0.25, 0.3) is 0 Å². The first kappa shape index (κ1) is 9.57. The number of terminal acetylenes is 1. The van der Waals surface area contributed by atoms with Crippen molar-refractivity contribution in [3.8, 4) is 12.3 Å². The molecule has 2 unspecified atom stereocenters. The van der Waals surface area contributed by atoms with Crippen LogP contribution in [0.3, 0.4) is 0 Å². The van der Waals surface area contributed by atoms with Crippen LogP contribution in [0.2, 0.25) is 0 Å². The van der Waals surface area contributed by atoms with E-state index < -0.39 is 0 Å². The lowest BCUT2D eigenvalue weighted by atomic mass is 9.97. The van der Waals surface area contributed by atoms with E-state index in [1.165, 1.54) is 25.8 Å². The Morgan fingerprint density at radius 1 is 1.58 bits per heavy atom. The van der Waals surface area contributed by atoms with E-state index in [2.05, 4.69) is 23.2 Å². The SMILES string of the molecule is C#CC(NC)C1CCCCN1C. The summed E-state index contributed by atoms with van der Waals surface area (Å²) in [5, 5.41) is 3.17. The maximum atomic E-state index is 5.44. The molecule has 0 radical (unpaired) electrons. The highest BCUT2D eigenvalue weighted by Crippen LogP contribution is 2.17. The maximum Gasteiger partial charge on any atom is 0.0841 e. The molecule has 1 N–H and O–H groups in total. The summed E-state index contributed by atoms with van der Waals surface area (Å²) in [5.74, 6) is 2.80. The van der Waals surface area contributed by atoms with Crippen LogP contribution in [0, 0.1) is 12.3 Å². The molecule has 1 aliphatic rings. The Kier molecular flexibility index (Phi) is 3.58. The summed E-state index contributed by atoms with van der Waals surface area (Å²) < 4.78 is 0. The number of rotatable bonds is 2. The molecule has 2 heteroatoms. The molecule has 0 aromatic rings. The van der Waals surface area contributed by atoms with Gasteiger partial charge in [0.05, 0.1) is 6.04 Å². The van der Waals surface area contributed by atoms with Crippen LogP contribution in [0.5, 0.6) is 0 Å². The number of nitrogens with zero attached hydrogens (tertiary/aromatic N) is 1. The van der Waals surface area contributed by atoms with Gasteiger partial charge in [-0.25, -0.2) is 0 Å². The Labute approximate surface area is 75.3 Å². The summed E-state index contributed by atoms with van der Waals surface area (Å²) in [6.07, 6.45) is 9.29. The Morgan fingerprint density at radius 3 is 2.83 bits per heavy atom. The molecule has 0 aromatic heterocycles. The average molecular weight is 166 g/mol. The van der Waals surface area contributed by atoms with E-state index in [1.54, 1.807) is 0 Å². The van der Waals surface area contributed by atoms with Gasteiger partial charge in [0.1, 0.15) is 0 Å². The standard InChI is InChI=1S/C10H18N2/c1-4-9(11-2)10-7-5-6-8-12(10)3/h1,9-11H,5-8H2,2-3H3. The topological polar surface area (TPSA) is 15.3 Å². The molecule has 1 fully saturated rings.